The molecule has 2 rings (SSSR count). The maximum Gasteiger partial charge on any atom is 0.171 e. The highest BCUT2D eigenvalue weighted by Gasteiger charge is 2.21. The van der Waals surface area contributed by atoms with Gasteiger partial charge in [0, 0.05) is 19.3 Å². The number of β-amino-alcohol motifs (C(OH)–C–C–N with tert-alkyl or cyclic N) is 1. The number of aromatic nitrogens is 1. The van der Waals surface area contributed by atoms with Gasteiger partial charge in [0.15, 0.2) is 11.6 Å². The minimum Gasteiger partial charge on any atom is -0.490 e. The van der Waals surface area contributed by atoms with Crippen molar-refractivity contribution in [3.63, 3.8) is 0 Å². The molecule has 1 N–H and O–H groups in total. The molecule has 2 heterocycles. The average Bonchev–Trinajstić information content (AvgIpc) is 2.37. The van der Waals surface area contributed by atoms with Crippen LogP contribution in [0.4, 0.5) is 5.82 Å². The highest BCUT2D eigenvalue weighted by Crippen LogP contribution is 2.27. The van der Waals surface area contributed by atoms with Gasteiger partial charge in [-0.2, -0.15) is 0 Å². The van der Waals surface area contributed by atoms with E-state index in [1.165, 1.54) is 0 Å². The van der Waals surface area contributed by atoms with Crippen LogP contribution in [0, 0.1) is 0 Å². The van der Waals surface area contributed by atoms with Gasteiger partial charge < -0.3 is 14.7 Å². The predicted octanol–water partition coefficient (Wildman–Crippen LogP) is 1.83. The zero-order chi connectivity index (χ0) is 12.1. The Balaban J connectivity index is 2.12. The van der Waals surface area contributed by atoms with Crippen LogP contribution < -0.4 is 9.64 Å². The molecule has 0 aliphatic carbocycles. The SMILES string of the molecule is CCCOc1cccnc1N1CCCC(O)C1. The van der Waals surface area contributed by atoms with Crippen LogP contribution in [0.1, 0.15) is 26.2 Å². The third kappa shape index (κ3) is 3.09. The van der Waals surface area contributed by atoms with E-state index < -0.39 is 0 Å². The summed E-state index contributed by atoms with van der Waals surface area (Å²) < 4.78 is 5.69. The van der Waals surface area contributed by atoms with Gasteiger partial charge in [0.25, 0.3) is 0 Å². The highest BCUT2D eigenvalue weighted by molar-refractivity contribution is 5.52. The molecule has 1 aliphatic rings. The zero-order valence-corrected chi connectivity index (χ0v) is 10.3. The van der Waals surface area contributed by atoms with Crippen molar-refractivity contribution in [1.82, 2.24) is 4.98 Å². The van der Waals surface area contributed by atoms with Gasteiger partial charge in [0.2, 0.25) is 0 Å². The van der Waals surface area contributed by atoms with Crippen LogP contribution in [0.2, 0.25) is 0 Å². The molecule has 4 heteroatoms. The van der Waals surface area contributed by atoms with Crippen molar-refractivity contribution >= 4 is 5.82 Å². The summed E-state index contributed by atoms with van der Waals surface area (Å²) in [6.07, 6.45) is 4.40. The Morgan fingerprint density at radius 1 is 1.59 bits per heavy atom. The Kier molecular flexibility index (Phi) is 4.20. The molecular formula is C13H20N2O2. The van der Waals surface area contributed by atoms with E-state index in [4.69, 9.17) is 4.74 Å². The Labute approximate surface area is 102 Å². The molecule has 0 amide bonds. The van der Waals surface area contributed by atoms with E-state index in [-0.39, 0.29) is 6.10 Å². The topological polar surface area (TPSA) is 45.6 Å². The van der Waals surface area contributed by atoms with Crippen LogP contribution in [0.15, 0.2) is 18.3 Å². The highest BCUT2D eigenvalue weighted by atomic mass is 16.5. The summed E-state index contributed by atoms with van der Waals surface area (Å²) in [5.74, 6) is 1.68. The van der Waals surface area contributed by atoms with Crippen LogP contribution in [0.25, 0.3) is 0 Å². The summed E-state index contributed by atoms with van der Waals surface area (Å²) in [6.45, 7) is 4.38. The molecule has 1 unspecified atom stereocenters. The van der Waals surface area contributed by atoms with Crippen molar-refractivity contribution in [3.8, 4) is 5.75 Å². The van der Waals surface area contributed by atoms with E-state index in [2.05, 4.69) is 16.8 Å². The number of hydrogen-bond donors (Lipinski definition) is 1. The van der Waals surface area contributed by atoms with Crippen molar-refractivity contribution in [2.24, 2.45) is 0 Å². The number of aliphatic hydroxyl groups is 1. The molecule has 0 saturated carbocycles. The lowest BCUT2D eigenvalue weighted by atomic mass is 10.1. The molecule has 17 heavy (non-hydrogen) atoms. The number of piperidine rings is 1. The summed E-state index contributed by atoms with van der Waals surface area (Å²) in [5.41, 5.74) is 0. The number of pyridine rings is 1. The first-order valence-corrected chi connectivity index (χ1v) is 6.32. The minimum atomic E-state index is -0.246. The first kappa shape index (κ1) is 12.2. The molecule has 0 spiro atoms. The second-order valence-electron chi connectivity index (χ2n) is 4.42. The van der Waals surface area contributed by atoms with E-state index in [1.54, 1.807) is 6.20 Å². The van der Waals surface area contributed by atoms with Crippen LogP contribution in [-0.2, 0) is 0 Å². The van der Waals surface area contributed by atoms with Crippen LogP contribution in [-0.4, -0.2) is 35.9 Å². The second kappa shape index (κ2) is 5.87. The van der Waals surface area contributed by atoms with E-state index in [1.807, 2.05) is 12.1 Å². The molecule has 1 saturated heterocycles. The van der Waals surface area contributed by atoms with Crippen molar-refractivity contribution in [1.29, 1.82) is 0 Å². The predicted molar refractivity (Wildman–Crippen MR) is 67.5 cm³/mol. The van der Waals surface area contributed by atoms with Crippen molar-refractivity contribution < 1.29 is 9.84 Å². The van der Waals surface area contributed by atoms with E-state index >= 15 is 0 Å². The lowest BCUT2D eigenvalue weighted by molar-refractivity contribution is 0.153. The molecular weight excluding hydrogens is 216 g/mol. The second-order valence-corrected chi connectivity index (χ2v) is 4.42. The summed E-state index contributed by atoms with van der Waals surface area (Å²) in [5, 5.41) is 9.70. The van der Waals surface area contributed by atoms with Gasteiger partial charge in [-0.25, -0.2) is 4.98 Å². The molecule has 0 aromatic carbocycles. The normalized spacial score (nSPS) is 20.4. The fraction of sp³-hybridized carbons (Fsp3) is 0.615. The average molecular weight is 236 g/mol. The quantitative estimate of drug-likeness (QED) is 0.866. The zero-order valence-electron chi connectivity index (χ0n) is 10.3. The van der Waals surface area contributed by atoms with Gasteiger partial charge >= 0.3 is 0 Å². The van der Waals surface area contributed by atoms with Crippen molar-refractivity contribution in [2.45, 2.75) is 32.3 Å². The summed E-state index contributed by atoms with van der Waals surface area (Å²) in [7, 11) is 0. The van der Waals surface area contributed by atoms with E-state index in [9.17, 15) is 5.11 Å². The summed E-state index contributed by atoms with van der Waals surface area (Å²) in [6, 6.07) is 3.83. The summed E-state index contributed by atoms with van der Waals surface area (Å²) >= 11 is 0. The lowest BCUT2D eigenvalue weighted by Crippen LogP contribution is -2.38. The Morgan fingerprint density at radius 3 is 3.24 bits per heavy atom. The lowest BCUT2D eigenvalue weighted by Gasteiger charge is -2.31. The summed E-state index contributed by atoms with van der Waals surface area (Å²) in [4.78, 5) is 6.49. The van der Waals surface area contributed by atoms with E-state index in [0.717, 1.165) is 37.4 Å². The number of ether oxygens (including phenoxy) is 1. The number of rotatable bonds is 4. The Bertz CT molecular complexity index is 357. The molecule has 94 valence electrons. The number of aliphatic hydroxyl groups excluding tert-OH is 1. The largest absolute Gasteiger partial charge is 0.490 e. The van der Waals surface area contributed by atoms with Crippen LogP contribution in [0.3, 0.4) is 0 Å². The Hall–Kier alpha value is -1.29. The standard InChI is InChI=1S/C13H20N2O2/c1-2-9-17-12-6-3-7-14-13(12)15-8-4-5-11(16)10-15/h3,6-7,11,16H,2,4-5,8-10H2,1H3. The maximum atomic E-state index is 9.70. The fourth-order valence-corrected chi connectivity index (χ4v) is 2.09. The molecule has 1 aromatic rings. The van der Waals surface area contributed by atoms with Crippen LogP contribution >= 0.6 is 0 Å². The first-order chi connectivity index (χ1) is 8.31. The number of hydrogen-bond acceptors (Lipinski definition) is 4. The molecule has 1 fully saturated rings. The van der Waals surface area contributed by atoms with Crippen molar-refractivity contribution in [3.05, 3.63) is 18.3 Å². The van der Waals surface area contributed by atoms with Gasteiger partial charge in [0.1, 0.15) is 0 Å². The van der Waals surface area contributed by atoms with Gasteiger partial charge in [-0.1, -0.05) is 6.92 Å². The number of anilines is 1. The Morgan fingerprint density at radius 2 is 2.47 bits per heavy atom. The van der Waals surface area contributed by atoms with Gasteiger partial charge in [0.05, 0.1) is 12.7 Å². The van der Waals surface area contributed by atoms with Gasteiger partial charge in [-0.3, -0.25) is 0 Å². The minimum absolute atomic E-state index is 0.246. The molecule has 1 aliphatic heterocycles. The maximum absolute atomic E-state index is 9.70. The molecule has 0 radical (unpaired) electrons. The van der Waals surface area contributed by atoms with Crippen molar-refractivity contribution in [2.75, 3.05) is 24.6 Å². The first-order valence-electron chi connectivity index (χ1n) is 6.32. The van der Waals surface area contributed by atoms with E-state index in [0.29, 0.717) is 13.2 Å². The van der Waals surface area contributed by atoms with Gasteiger partial charge in [-0.05, 0) is 31.4 Å². The third-order valence-corrected chi connectivity index (χ3v) is 2.91. The monoisotopic (exact) mass is 236 g/mol. The molecule has 4 nitrogen and oxygen atoms in total. The smallest absolute Gasteiger partial charge is 0.171 e. The number of nitrogens with zero attached hydrogens (tertiary/aromatic N) is 2. The van der Waals surface area contributed by atoms with Gasteiger partial charge in [-0.15, -0.1) is 0 Å². The molecule has 1 aromatic heterocycles. The third-order valence-electron chi connectivity index (χ3n) is 2.91. The van der Waals surface area contributed by atoms with Crippen LogP contribution in [0.5, 0.6) is 5.75 Å². The molecule has 1 atom stereocenters. The fourth-order valence-electron chi connectivity index (χ4n) is 2.09. The molecule has 0 bridgehead atoms.